The van der Waals surface area contributed by atoms with E-state index in [0.717, 1.165) is 5.56 Å². The maximum Gasteiger partial charge on any atom is 0.323 e. The number of nitrogens with zero attached hydrogens (tertiary/aromatic N) is 1. The molecule has 1 aromatic carbocycles. The Morgan fingerprint density at radius 2 is 1.61 bits per heavy atom. The van der Waals surface area contributed by atoms with Crippen LogP contribution in [0.2, 0.25) is 0 Å². The zero-order valence-electron chi connectivity index (χ0n) is 20.9. The average molecular weight is 534 g/mol. The fourth-order valence-corrected chi connectivity index (χ4v) is 3.82. The predicted octanol–water partition coefficient (Wildman–Crippen LogP) is -3.84. The summed E-state index contributed by atoms with van der Waals surface area (Å²) >= 11 is 0. The van der Waals surface area contributed by atoms with Gasteiger partial charge in [-0.1, -0.05) is 30.3 Å². The summed E-state index contributed by atoms with van der Waals surface area (Å²) in [4.78, 5) is 63.0. The highest BCUT2D eigenvalue weighted by atomic mass is 16.4. The van der Waals surface area contributed by atoms with Crippen LogP contribution in [0.1, 0.15) is 18.4 Å². The molecule has 0 bridgehead atoms. The van der Waals surface area contributed by atoms with Crippen molar-refractivity contribution in [2.75, 3.05) is 32.7 Å². The lowest BCUT2D eigenvalue weighted by molar-refractivity contribution is -0.148. The van der Waals surface area contributed by atoms with Crippen molar-refractivity contribution in [3.05, 3.63) is 35.9 Å². The Morgan fingerprint density at radius 1 is 1.00 bits per heavy atom. The van der Waals surface area contributed by atoms with Crippen molar-refractivity contribution in [3.8, 4) is 0 Å². The van der Waals surface area contributed by atoms with Gasteiger partial charge in [-0.2, -0.15) is 0 Å². The second-order valence-electron chi connectivity index (χ2n) is 8.93. The van der Waals surface area contributed by atoms with Crippen LogP contribution in [0.4, 0.5) is 0 Å². The average Bonchev–Trinajstić information content (AvgIpc) is 2.89. The number of piperidine rings is 1. The highest BCUT2D eigenvalue weighted by molar-refractivity contribution is 5.93. The summed E-state index contributed by atoms with van der Waals surface area (Å²) in [6.07, 6.45) is 0.224. The van der Waals surface area contributed by atoms with Crippen molar-refractivity contribution in [1.29, 1.82) is 5.41 Å². The molecule has 1 aromatic rings. The molecule has 208 valence electrons. The fourth-order valence-electron chi connectivity index (χ4n) is 3.82. The highest BCUT2D eigenvalue weighted by Gasteiger charge is 2.40. The van der Waals surface area contributed by atoms with Crippen LogP contribution in [0.5, 0.6) is 0 Å². The van der Waals surface area contributed by atoms with Crippen LogP contribution in [-0.4, -0.2) is 95.9 Å². The number of likely N-dealkylation sites (tertiary alicyclic amines) is 1. The third kappa shape index (κ3) is 9.01. The molecular weight excluding hydrogens is 498 g/mol. The summed E-state index contributed by atoms with van der Waals surface area (Å²) in [5.74, 6) is -3.98. The van der Waals surface area contributed by atoms with Crippen LogP contribution in [0.3, 0.4) is 0 Å². The molecule has 38 heavy (non-hydrogen) atoms. The zero-order valence-corrected chi connectivity index (χ0v) is 20.9. The number of carbonyl (C=O) groups is 5. The van der Waals surface area contributed by atoms with Crippen LogP contribution in [0.25, 0.3) is 0 Å². The molecule has 0 radical (unpaired) electrons. The largest absolute Gasteiger partial charge is 0.480 e. The van der Waals surface area contributed by atoms with Crippen molar-refractivity contribution >= 4 is 35.6 Å². The minimum atomic E-state index is -1.44. The van der Waals surface area contributed by atoms with Gasteiger partial charge in [-0.05, 0) is 18.4 Å². The molecule has 0 aliphatic carbocycles. The summed E-state index contributed by atoms with van der Waals surface area (Å²) in [7, 11) is 0. The van der Waals surface area contributed by atoms with E-state index in [1.165, 1.54) is 4.90 Å². The lowest BCUT2D eigenvalue weighted by atomic mass is 9.88. The van der Waals surface area contributed by atoms with E-state index >= 15 is 0 Å². The summed E-state index contributed by atoms with van der Waals surface area (Å²) in [5, 5.41) is 26.6. The molecule has 4 amide bonds. The van der Waals surface area contributed by atoms with Crippen LogP contribution in [-0.2, 0) is 30.4 Å². The molecule has 1 fully saturated rings. The minimum absolute atomic E-state index is 0.0300. The third-order valence-corrected chi connectivity index (χ3v) is 6.07. The number of aliphatic carboxylic acids is 1. The van der Waals surface area contributed by atoms with Crippen LogP contribution >= 0.6 is 0 Å². The molecule has 0 saturated carbocycles. The maximum absolute atomic E-state index is 13.1. The van der Waals surface area contributed by atoms with E-state index in [9.17, 15) is 29.1 Å². The molecule has 2 atom stereocenters. The molecule has 2 rings (SSSR count). The topological polar surface area (TPSA) is 259 Å². The molecule has 0 spiro atoms. The monoisotopic (exact) mass is 533 g/mol. The first-order valence-corrected chi connectivity index (χ1v) is 11.9. The van der Waals surface area contributed by atoms with E-state index in [4.69, 9.17) is 22.6 Å². The van der Waals surface area contributed by atoms with Gasteiger partial charge in [-0.15, -0.1) is 0 Å². The van der Waals surface area contributed by atoms with Gasteiger partial charge in [0.1, 0.15) is 17.6 Å². The number of nitrogens with two attached hydrogens (primary N) is 3. The lowest BCUT2D eigenvalue weighted by Crippen LogP contribution is -2.61. The number of carboxylic acid groups (broad SMARTS) is 1. The number of benzene rings is 1. The third-order valence-electron chi connectivity index (χ3n) is 6.07. The molecular formula is C23H35N9O6. The highest BCUT2D eigenvalue weighted by Crippen LogP contribution is 2.20. The normalized spacial score (nSPS) is 15.9. The van der Waals surface area contributed by atoms with Crippen molar-refractivity contribution in [3.63, 3.8) is 0 Å². The van der Waals surface area contributed by atoms with Crippen molar-refractivity contribution < 1.29 is 29.1 Å². The Hall–Kier alpha value is -4.24. The maximum atomic E-state index is 13.1. The molecule has 0 unspecified atom stereocenters. The summed E-state index contributed by atoms with van der Waals surface area (Å²) in [6.45, 7) is -0.905. The Bertz CT molecular complexity index is 1030. The Kier molecular flexibility index (Phi) is 11.0. The number of hydrogen-bond donors (Lipinski definition) is 9. The minimum Gasteiger partial charge on any atom is -0.480 e. The van der Waals surface area contributed by atoms with Gasteiger partial charge >= 0.3 is 5.97 Å². The fraction of sp³-hybridized carbons (Fsp3) is 0.478. The van der Waals surface area contributed by atoms with Crippen LogP contribution in [0.15, 0.2) is 30.3 Å². The van der Waals surface area contributed by atoms with E-state index in [-0.39, 0.29) is 45.4 Å². The number of rotatable bonds is 12. The quantitative estimate of drug-likeness (QED) is 0.0933. The van der Waals surface area contributed by atoms with Gasteiger partial charge in [0.25, 0.3) is 0 Å². The van der Waals surface area contributed by atoms with Gasteiger partial charge in [0.05, 0.1) is 13.1 Å². The number of nitrogens with one attached hydrogen (secondary N) is 5. The molecule has 1 aliphatic heterocycles. The van der Waals surface area contributed by atoms with Crippen molar-refractivity contribution in [2.45, 2.75) is 36.9 Å². The Labute approximate surface area is 219 Å². The van der Waals surface area contributed by atoms with Crippen LogP contribution < -0.4 is 38.5 Å². The molecule has 15 heteroatoms. The Morgan fingerprint density at radius 3 is 2.16 bits per heavy atom. The number of carboxylic acids is 1. The van der Waals surface area contributed by atoms with E-state index in [0.29, 0.717) is 0 Å². The van der Waals surface area contributed by atoms with Gasteiger partial charge in [0.2, 0.25) is 23.6 Å². The molecule has 12 N–H and O–H groups in total. The van der Waals surface area contributed by atoms with E-state index < -0.39 is 59.7 Å². The smallest absolute Gasteiger partial charge is 0.323 e. The van der Waals surface area contributed by atoms with E-state index in [2.05, 4.69) is 21.3 Å². The van der Waals surface area contributed by atoms with Crippen molar-refractivity contribution in [1.82, 2.24) is 26.2 Å². The van der Waals surface area contributed by atoms with Crippen molar-refractivity contribution in [2.24, 2.45) is 17.2 Å². The molecule has 1 heterocycles. The standard InChI is InChI=1S/C23H35N9O6/c24-11-17(33)30-15(10-14-4-2-1-3-5-14)19(35)28-13-18(34)31-16(12-29-22(25)26)20(36)32-8-6-23(27,7-9-32)21(37)38/h1-5,15-16H,6-13,24,27H2,(H,28,35)(H,30,33)(H,31,34)(H,37,38)(H4,25,26,29)/t15-,16-/m1/s1. The second-order valence-corrected chi connectivity index (χ2v) is 8.93. The summed E-state index contributed by atoms with van der Waals surface area (Å²) in [6, 6.07) is 6.80. The second kappa shape index (κ2) is 13.9. The van der Waals surface area contributed by atoms with Gasteiger partial charge in [-0.25, -0.2) is 0 Å². The molecule has 1 aliphatic rings. The van der Waals surface area contributed by atoms with E-state index in [1.54, 1.807) is 24.3 Å². The van der Waals surface area contributed by atoms with E-state index in [1.807, 2.05) is 6.07 Å². The summed E-state index contributed by atoms with van der Waals surface area (Å²) < 4.78 is 0. The van der Waals surface area contributed by atoms with Gasteiger partial charge in [0.15, 0.2) is 5.96 Å². The van der Waals surface area contributed by atoms with Crippen LogP contribution in [0, 0.1) is 5.41 Å². The molecule has 0 aromatic heterocycles. The number of amides is 4. The lowest BCUT2D eigenvalue weighted by Gasteiger charge is -2.37. The molecule has 15 nitrogen and oxygen atoms in total. The first kappa shape index (κ1) is 30.0. The Balaban J connectivity index is 2.00. The van der Waals surface area contributed by atoms with Gasteiger partial charge < -0.3 is 48.5 Å². The number of guanidine groups is 1. The first-order valence-electron chi connectivity index (χ1n) is 11.9. The van der Waals surface area contributed by atoms with Gasteiger partial charge in [-0.3, -0.25) is 29.4 Å². The first-order chi connectivity index (χ1) is 17.9. The molecule has 1 saturated heterocycles. The summed E-state index contributed by atoms with van der Waals surface area (Å²) in [5.41, 5.74) is 15.9. The predicted molar refractivity (Wildman–Crippen MR) is 136 cm³/mol. The van der Waals surface area contributed by atoms with Gasteiger partial charge in [0, 0.05) is 26.1 Å². The SMILES string of the molecule is N=C(N)NC[C@@H](NC(=O)CNC(=O)[C@@H](Cc1ccccc1)NC(=O)CN)C(=O)N1CCC(N)(C(=O)O)CC1. The zero-order chi connectivity index (χ0) is 28.3. The number of carbonyl (C=O) groups excluding carboxylic acids is 4. The number of hydrogen-bond acceptors (Lipinski definition) is 8.